The second kappa shape index (κ2) is 13.4. The van der Waals surface area contributed by atoms with E-state index in [1.54, 1.807) is 0 Å². The monoisotopic (exact) mass is 733 g/mol. The van der Waals surface area contributed by atoms with Crippen LogP contribution in [-0.2, 0) is 5.41 Å². The van der Waals surface area contributed by atoms with Crippen LogP contribution in [0.2, 0.25) is 0 Å². The molecule has 3 nitrogen and oxygen atoms in total. The van der Waals surface area contributed by atoms with Crippen molar-refractivity contribution in [3.63, 3.8) is 0 Å². The number of fused-ring (bicyclic) bond motifs is 7. The van der Waals surface area contributed by atoms with Crippen LogP contribution in [0.3, 0.4) is 0 Å². The van der Waals surface area contributed by atoms with Crippen LogP contribution < -0.4 is 16.0 Å². The zero-order valence-electron chi connectivity index (χ0n) is 32.1. The van der Waals surface area contributed by atoms with E-state index in [-0.39, 0.29) is 23.9 Å². The molecule has 0 amide bonds. The third-order valence-corrected chi connectivity index (χ3v) is 12.6. The summed E-state index contributed by atoms with van der Waals surface area (Å²) in [4.78, 5) is 0. The molecule has 274 valence electrons. The van der Waals surface area contributed by atoms with E-state index >= 15 is 0 Å². The Hall–Kier alpha value is -6.36. The molecule has 1 aliphatic carbocycles. The van der Waals surface area contributed by atoms with Crippen LogP contribution in [0.4, 0.5) is 0 Å². The molecule has 2 aliphatic rings. The summed E-state index contributed by atoms with van der Waals surface area (Å²) in [6, 6.07) is 69.1. The van der Waals surface area contributed by atoms with E-state index in [4.69, 9.17) is 0 Å². The third kappa shape index (κ3) is 5.46. The predicted molar refractivity (Wildman–Crippen MR) is 238 cm³/mol. The molecule has 57 heavy (non-hydrogen) atoms. The Morgan fingerprint density at radius 3 is 1.67 bits per heavy atom. The minimum absolute atomic E-state index is 0.0975. The molecule has 3 heteroatoms. The maximum absolute atomic E-state index is 4.15. The van der Waals surface area contributed by atoms with Crippen molar-refractivity contribution in [1.82, 2.24) is 16.0 Å². The van der Waals surface area contributed by atoms with Gasteiger partial charge in [-0.2, -0.15) is 0 Å². The van der Waals surface area contributed by atoms with Crippen molar-refractivity contribution in [2.75, 3.05) is 0 Å². The Morgan fingerprint density at radius 1 is 0.351 bits per heavy atom. The first-order valence-electron chi connectivity index (χ1n) is 20.1. The highest BCUT2D eigenvalue weighted by Crippen LogP contribution is 2.51. The Labute approximate surface area is 334 Å². The Bertz CT molecular complexity index is 3000. The van der Waals surface area contributed by atoms with Gasteiger partial charge in [0, 0.05) is 5.41 Å². The van der Waals surface area contributed by atoms with Crippen LogP contribution in [0.5, 0.6) is 0 Å². The average molecular weight is 734 g/mol. The summed E-state index contributed by atoms with van der Waals surface area (Å²) in [6.45, 7) is 4.72. The van der Waals surface area contributed by atoms with E-state index in [0.29, 0.717) is 0 Å². The molecule has 0 radical (unpaired) electrons. The third-order valence-electron chi connectivity index (χ3n) is 12.6. The molecule has 1 saturated heterocycles. The van der Waals surface area contributed by atoms with Crippen LogP contribution in [-0.4, -0.2) is 0 Å². The molecule has 0 aromatic heterocycles. The zero-order valence-corrected chi connectivity index (χ0v) is 32.1. The Kier molecular flexibility index (Phi) is 7.97. The first kappa shape index (κ1) is 33.9. The smallest absolute Gasteiger partial charge is 0.0870 e. The van der Waals surface area contributed by atoms with Gasteiger partial charge in [-0.3, -0.25) is 16.0 Å². The fraction of sp³-hybridized carbons (Fsp3) is 0.111. The van der Waals surface area contributed by atoms with Crippen molar-refractivity contribution in [1.29, 1.82) is 0 Å². The Balaban J connectivity index is 1.12. The molecule has 1 aliphatic heterocycles. The zero-order chi connectivity index (χ0) is 38.1. The lowest BCUT2D eigenvalue weighted by molar-refractivity contribution is 0.204. The first-order valence-corrected chi connectivity index (χ1v) is 20.1. The molecule has 9 aromatic rings. The predicted octanol–water partition coefficient (Wildman–Crippen LogP) is 13.0. The van der Waals surface area contributed by atoms with Gasteiger partial charge in [0.2, 0.25) is 0 Å². The maximum Gasteiger partial charge on any atom is 0.0870 e. The quantitative estimate of drug-likeness (QED) is 0.122. The molecule has 3 N–H and O–H groups in total. The lowest BCUT2D eigenvalue weighted by atomic mass is 9.82. The number of hydrogen-bond acceptors (Lipinski definition) is 3. The van der Waals surface area contributed by atoms with Gasteiger partial charge in [-0.05, 0) is 99.6 Å². The highest BCUT2D eigenvalue weighted by molar-refractivity contribution is 6.20. The summed E-state index contributed by atoms with van der Waals surface area (Å²) in [5, 5.41) is 19.9. The minimum Gasteiger partial charge on any atom is -0.279 e. The Morgan fingerprint density at radius 2 is 0.895 bits per heavy atom. The molecule has 9 aromatic carbocycles. The van der Waals surface area contributed by atoms with Crippen LogP contribution in [0.1, 0.15) is 60.2 Å². The number of nitrogens with one attached hydrogen (secondary N) is 3. The summed E-state index contributed by atoms with van der Waals surface area (Å²) < 4.78 is 0. The maximum atomic E-state index is 4.15. The topological polar surface area (TPSA) is 36.1 Å². The number of hydrogen-bond donors (Lipinski definition) is 3. The summed E-state index contributed by atoms with van der Waals surface area (Å²) in [6.07, 6.45) is -0.529. The van der Waals surface area contributed by atoms with Crippen molar-refractivity contribution in [3.8, 4) is 33.4 Å². The second-order valence-corrected chi connectivity index (χ2v) is 16.1. The summed E-state index contributed by atoms with van der Waals surface area (Å²) in [7, 11) is 0. The fourth-order valence-corrected chi connectivity index (χ4v) is 9.92. The lowest BCUT2D eigenvalue weighted by Gasteiger charge is -2.41. The molecule has 1 heterocycles. The van der Waals surface area contributed by atoms with Gasteiger partial charge in [0.05, 0.1) is 18.5 Å². The van der Waals surface area contributed by atoms with E-state index in [1.807, 2.05) is 0 Å². The molecule has 11 rings (SSSR count). The van der Waals surface area contributed by atoms with E-state index in [0.717, 1.165) is 0 Å². The van der Waals surface area contributed by atoms with Crippen molar-refractivity contribution >= 4 is 32.3 Å². The van der Waals surface area contributed by atoms with E-state index < -0.39 is 0 Å². The molecule has 0 saturated carbocycles. The highest BCUT2D eigenvalue weighted by Gasteiger charge is 2.40. The standard InChI is InChI=1S/C54H43N3/c1-54(2)47-29-15-14-27-44(47)50-45(28-16-30-48(50)54)53-56-51(42-25-12-10-21-37(42)34-17-4-3-5-18-34)55-52(57-53)43-26-13-11-24-40(43)49-39-23-9-7-20-36(39)33-46-38-22-8-6-19-35(38)31-32-41(46)49/h3-33,51-53,55-57H,1-2H3. The fourth-order valence-electron chi connectivity index (χ4n) is 9.92. The highest BCUT2D eigenvalue weighted by atomic mass is 15.4. The lowest BCUT2D eigenvalue weighted by Crippen LogP contribution is -2.54. The summed E-state index contributed by atoms with van der Waals surface area (Å²) >= 11 is 0. The van der Waals surface area contributed by atoms with Gasteiger partial charge in [0.25, 0.3) is 0 Å². The number of rotatable bonds is 5. The van der Waals surface area contributed by atoms with Gasteiger partial charge in [0.15, 0.2) is 0 Å². The van der Waals surface area contributed by atoms with E-state index in [2.05, 4.69) is 218 Å². The van der Waals surface area contributed by atoms with Gasteiger partial charge in [-0.15, -0.1) is 0 Å². The molecule has 0 spiro atoms. The number of benzene rings is 9. The first-order chi connectivity index (χ1) is 28.0. The van der Waals surface area contributed by atoms with Gasteiger partial charge >= 0.3 is 0 Å². The molecule has 3 atom stereocenters. The van der Waals surface area contributed by atoms with Gasteiger partial charge < -0.3 is 0 Å². The normalized spacial score (nSPS) is 18.5. The van der Waals surface area contributed by atoms with Crippen LogP contribution in [0.25, 0.3) is 65.7 Å². The second-order valence-electron chi connectivity index (χ2n) is 16.1. The molecular weight excluding hydrogens is 691 g/mol. The van der Waals surface area contributed by atoms with Gasteiger partial charge in [0.1, 0.15) is 0 Å². The minimum atomic E-state index is -0.198. The summed E-state index contributed by atoms with van der Waals surface area (Å²) in [5.41, 5.74) is 13.9. The average Bonchev–Trinajstić information content (AvgIpc) is 3.51. The van der Waals surface area contributed by atoms with Crippen LogP contribution in [0, 0.1) is 0 Å². The molecule has 0 bridgehead atoms. The van der Waals surface area contributed by atoms with E-state index in [9.17, 15) is 0 Å². The molecular formula is C54H43N3. The van der Waals surface area contributed by atoms with Gasteiger partial charge in [-0.1, -0.05) is 196 Å². The van der Waals surface area contributed by atoms with Crippen LogP contribution in [0.15, 0.2) is 188 Å². The molecule has 1 fully saturated rings. The van der Waals surface area contributed by atoms with Gasteiger partial charge in [-0.25, -0.2) is 0 Å². The largest absolute Gasteiger partial charge is 0.279 e. The van der Waals surface area contributed by atoms with E-state index in [1.165, 1.54) is 93.5 Å². The van der Waals surface area contributed by atoms with Crippen LogP contribution >= 0.6 is 0 Å². The van der Waals surface area contributed by atoms with Crippen molar-refractivity contribution in [2.24, 2.45) is 0 Å². The van der Waals surface area contributed by atoms with Crippen molar-refractivity contribution in [2.45, 2.75) is 37.8 Å². The summed E-state index contributed by atoms with van der Waals surface area (Å²) in [5.74, 6) is 0. The molecule has 3 unspecified atom stereocenters. The van der Waals surface area contributed by atoms with Crippen molar-refractivity contribution < 1.29 is 0 Å². The SMILES string of the molecule is CC1(C)c2ccccc2-c2c(C3NC(c4ccccc4-c4ccccc4)NC(c4ccccc4-c4c5ccccc5cc5c4ccc4ccccc45)N3)cccc21. The van der Waals surface area contributed by atoms with Crippen molar-refractivity contribution in [3.05, 3.63) is 216 Å².